The molecule has 1 atom stereocenters. The highest BCUT2D eigenvalue weighted by Gasteiger charge is 2.30. The number of fused-ring (bicyclic) bond motifs is 3. The number of alkyl carbamates (subject to hydrolysis) is 1. The Bertz CT molecular complexity index is 1270. The van der Waals surface area contributed by atoms with Crippen molar-refractivity contribution in [2.24, 2.45) is 0 Å². The molecule has 1 aliphatic carbocycles. The van der Waals surface area contributed by atoms with E-state index in [0.717, 1.165) is 22.3 Å². The number of nitrogens with one attached hydrogen (secondary N) is 2. The Morgan fingerprint density at radius 2 is 1.51 bits per heavy atom. The first-order valence-corrected chi connectivity index (χ1v) is 12.0. The van der Waals surface area contributed by atoms with E-state index in [4.69, 9.17) is 9.47 Å². The number of carbonyl (C=O) groups excluding carboxylic acids is 2. The summed E-state index contributed by atoms with van der Waals surface area (Å²) in [5.74, 6) is -1.32. The molecule has 0 saturated carbocycles. The minimum absolute atomic E-state index is 0.00334. The zero-order valence-electron chi connectivity index (χ0n) is 21.0. The maximum absolute atomic E-state index is 12.6. The van der Waals surface area contributed by atoms with Gasteiger partial charge in [-0.3, -0.25) is 5.32 Å². The first-order valence-electron chi connectivity index (χ1n) is 12.0. The van der Waals surface area contributed by atoms with Crippen LogP contribution in [-0.2, 0) is 20.7 Å². The molecule has 0 saturated heterocycles. The van der Waals surface area contributed by atoms with Crippen molar-refractivity contribution in [3.8, 4) is 11.1 Å². The number of hydrogen-bond acceptors (Lipinski definition) is 5. The molecule has 0 bridgehead atoms. The summed E-state index contributed by atoms with van der Waals surface area (Å²) in [6, 6.07) is 21.5. The average Bonchev–Trinajstić information content (AvgIpc) is 3.15. The second-order valence-electron chi connectivity index (χ2n) is 9.89. The fourth-order valence-electron chi connectivity index (χ4n) is 4.42. The Morgan fingerprint density at radius 1 is 0.892 bits per heavy atom. The molecule has 0 fully saturated rings. The molecular weight excluding hydrogens is 472 g/mol. The average molecular weight is 503 g/mol. The lowest BCUT2D eigenvalue weighted by Gasteiger charge is -2.20. The highest BCUT2D eigenvalue weighted by molar-refractivity contribution is 5.85. The third-order valence-electron chi connectivity index (χ3n) is 5.95. The van der Waals surface area contributed by atoms with Crippen molar-refractivity contribution in [1.82, 2.24) is 5.32 Å². The molecular formula is C29H30N2O6. The molecule has 0 unspecified atom stereocenters. The zero-order valence-corrected chi connectivity index (χ0v) is 21.0. The lowest BCUT2D eigenvalue weighted by Crippen LogP contribution is -2.42. The van der Waals surface area contributed by atoms with Crippen molar-refractivity contribution in [2.45, 2.75) is 44.8 Å². The summed E-state index contributed by atoms with van der Waals surface area (Å²) < 4.78 is 10.7. The molecule has 2 amide bonds. The highest BCUT2D eigenvalue weighted by atomic mass is 16.6. The van der Waals surface area contributed by atoms with Crippen LogP contribution in [0.2, 0.25) is 0 Å². The molecule has 4 rings (SSSR count). The van der Waals surface area contributed by atoms with Gasteiger partial charge in [0, 0.05) is 18.0 Å². The van der Waals surface area contributed by atoms with Crippen LogP contribution in [-0.4, -0.2) is 41.5 Å². The third-order valence-corrected chi connectivity index (χ3v) is 5.95. The lowest BCUT2D eigenvalue weighted by molar-refractivity contribution is -0.139. The number of carboxylic acids is 1. The molecule has 0 aromatic heterocycles. The SMILES string of the molecule is CC(C)(C)OC(=O)Nc1cccc(C[C@H](NC(=O)OCC2c3ccccc3-c3ccccc32)C(=O)O)c1. The first-order chi connectivity index (χ1) is 17.6. The Hall–Kier alpha value is -4.33. The van der Waals surface area contributed by atoms with E-state index < -0.39 is 29.8 Å². The maximum Gasteiger partial charge on any atom is 0.412 e. The third kappa shape index (κ3) is 6.46. The van der Waals surface area contributed by atoms with Crippen molar-refractivity contribution in [2.75, 3.05) is 11.9 Å². The van der Waals surface area contributed by atoms with Crippen LogP contribution in [0.1, 0.15) is 43.4 Å². The van der Waals surface area contributed by atoms with Crippen LogP contribution in [0.3, 0.4) is 0 Å². The fraction of sp³-hybridized carbons (Fsp3) is 0.276. The number of carbonyl (C=O) groups is 3. The van der Waals surface area contributed by atoms with Crippen molar-refractivity contribution in [1.29, 1.82) is 0 Å². The van der Waals surface area contributed by atoms with Crippen LogP contribution in [0.25, 0.3) is 11.1 Å². The van der Waals surface area contributed by atoms with Gasteiger partial charge in [0.15, 0.2) is 0 Å². The molecule has 3 aromatic carbocycles. The van der Waals surface area contributed by atoms with Crippen molar-refractivity contribution < 1.29 is 29.0 Å². The monoisotopic (exact) mass is 502 g/mol. The molecule has 0 spiro atoms. The van der Waals surface area contributed by atoms with E-state index in [9.17, 15) is 19.5 Å². The Morgan fingerprint density at radius 3 is 2.11 bits per heavy atom. The van der Waals surface area contributed by atoms with E-state index in [0.29, 0.717) is 11.3 Å². The second-order valence-corrected chi connectivity index (χ2v) is 9.89. The number of anilines is 1. The van der Waals surface area contributed by atoms with Gasteiger partial charge in [-0.25, -0.2) is 14.4 Å². The molecule has 192 valence electrons. The fourth-order valence-corrected chi connectivity index (χ4v) is 4.42. The van der Waals surface area contributed by atoms with Gasteiger partial charge in [-0.05, 0) is 60.7 Å². The number of rotatable bonds is 7. The summed E-state index contributed by atoms with van der Waals surface area (Å²) in [5.41, 5.74) is 4.77. The number of benzene rings is 3. The number of ether oxygens (including phenoxy) is 2. The van der Waals surface area contributed by atoms with Crippen molar-refractivity contribution in [3.05, 3.63) is 89.5 Å². The van der Waals surface area contributed by atoms with Gasteiger partial charge in [0.1, 0.15) is 18.2 Å². The molecule has 0 aliphatic heterocycles. The van der Waals surface area contributed by atoms with E-state index in [1.54, 1.807) is 45.0 Å². The first kappa shape index (κ1) is 25.8. The van der Waals surface area contributed by atoms with Crippen molar-refractivity contribution >= 4 is 23.8 Å². The molecule has 3 N–H and O–H groups in total. The van der Waals surface area contributed by atoms with E-state index in [-0.39, 0.29) is 18.9 Å². The number of aliphatic carboxylic acids is 1. The Balaban J connectivity index is 1.38. The number of carboxylic acid groups (broad SMARTS) is 1. The van der Waals surface area contributed by atoms with Gasteiger partial charge in [-0.1, -0.05) is 60.7 Å². The van der Waals surface area contributed by atoms with Crippen molar-refractivity contribution in [3.63, 3.8) is 0 Å². The summed E-state index contributed by atoms with van der Waals surface area (Å²) in [6.45, 7) is 5.36. The topological polar surface area (TPSA) is 114 Å². The highest BCUT2D eigenvalue weighted by Crippen LogP contribution is 2.44. The van der Waals surface area contributed by atoms with Gasteiger partial charge in [0.25, 0.3) is 0 Å². The summed E-state index contributed by atoms with van der Waals surface area (Å²) in [4.78, 5) is 36.5. The molecule has 37 heavy (non-hydrogen) atoms. The normalized spacial score (nSPS) is 13.2. The van der Waals surface area contributed by atoms with Gasteiger partial charge in [0.2, 0.25) is 0 Å². The molecule has 8 heteroatoms. The quantitative estimate of drug-likeness (QED) is 0.389. The van der Waals surface area contributed by atoms with E-state index in [1.165, 1.54) is 0 Å². The van der Waals surface area contributed by atoms with Gasteiger partial charge in [0.05, 0.1) is 0 Å². The molecule has 0 heterocycles. The number of hydrogen-bond donors (Lipinski definition) is 3. The van der Waals surface area contributed by atoms with Crippen LogP contribution < -0.4 is 10.6 Å². The summed E-state index contributed by atoms with van der Waals surface area (Å²) in [5, 5.41) is 14.8. The minimum Gasteiger partial charge on any atom is -0.480 e. The summed E-state index contributed by atoms with van der Waals surface area (Å²) >= 11 is 0. The van der Waals surface area contributed by atoms with Gasteiger partial charge < -0.3 is 19.9 Å². The summed E-state index contributed by atoms with van der Waals surface area (Å²) in [7, 11) is 0. The van der Waals surface area contributed by atoms with Crippen LogP contribution >= 0.6 is 0 Å². The zero-order chi connectivity index (χ0) is 26.6. The predicted octanol–water partition coefficient (Wildman–Crippen LogP) is 5.57. The van der Waals surface area contributed by atoms with Crippen LogP contribution in [0.15, 0.2) is 72.8 Å². The minimum atomic E-state index is -1.22. The van der Waals surface area contributed by atoms with Gasteiger partial charge >= 0.3 is 18.2 Å². The maximum atomic E-state index is 12.6. The van der Waals surface area contributed by atoms with Gasteiger partial charge in [-0.2, -0.15) is 0 Å². The van der Waals surface area contributed by atoms with E-state index >= 15 is 0 Å². The van der Waals surface area contributed by atoms with Crippen LogP contribution in [0, 0.1) is 0 Å². The summed E-state index contributed by atoms with van der Waals surface area (Å²) in [6.07, 6.45) is -1.42. The van der Waals surface area contributed by atoms with E-state index in [1.807, 2.05) is 48.5 Å². The van der Waals surface area contributed by atoms with Gasteiger partial charge in [-0.15, -0.1) is 0 Å². The molecule has 1 aliphatic rings. The molecule has 3 aromatic rings. The number of amides is 2. The van der Waals surface area contributed by atoms with Crippen LogP contribution in [0.5, 0.6) is 0 Å². The predicted molar refractivity (Wildman–Crippen MR) is 140 cm³/mol. The largest absolute Gasteiger partial charge is 0.480 e. The van der Waals surface area contributed by atoms with Crippen LogP contribution in [0.4, 0.5) is 15.3 Å². The Labute approximate surface area is 215 Å². The molecule has 8 nitrogen and oxygen atoms in total. The Kier molecular flexibility index (Phi) is 7.47. The molecule has 0 radical (unpaired) electrons. The standard InChI is InChI=1S/C29H30N2O6/c1-29(2,3)37-28(35)30-19-10-8-9-18(15-19)16-25(26(32)33)31-27(34)36-17-24-22-13-6-4-11-20(22)21-12-5-7-14-23(21)24/h4-15,24-25H,16-17H2,1-3H3,(H,30,35)(H,31,34)(H,32,33)/t25-/m0/s1. The lowest BCUT2D eigenvalue weighted by atomic mass is 9.98. The second kappa shape index (κ2) is 10.7. The van der Waals surface area contributed by atoms with E-state index in [2.05, 4.69) is 10.6 Å². The smallest absolute Gasteiger partial charge is 0.412 e.